The highest BCUT2D eigenvalue weighted by molar-refractivity contribution is 5.79. The van der Waals surface area contributed by atoms with Crippen molar-refractivity contribution in [1.82, 2.24) is 5.32 Å². The Kier molecular flexibility index (Phi) is 5.36. The van der Waals surface area contributed by atoms with Gasteiger partial charge in [-0.1, -0.05) is 6.07 Å². The predicted molar refractivity (Wildman–Crippen MR) is 86.1 cm³/mol. The molecule has 24 heavy (non-hydrogen) atoms. The van der Waals surface area contributed by atoms with Crippen LogP contribution in [0.4, 0.5) is 4.39 Å². The molecule has 1 unspecified atom stereocenters. The van der Waals surface area contributed by atoms with Crippen molar-refractivity contribution in [2.45, 2.75) is 37.8 Å². The molecule has 1 atom stereocenters. The van der Waals surface area contributed by atoms with Crippen LogP contribution in [-0.2, 0) is 9.53 Å². The quantitative estimate of drug-likeness (QED) is 0.864. The smallest absolute Gasteiger partial charge is 0.223 e. The van der Waals surface area contributed by atoms with Crippen molar-refractivity contribution in [3.63, 3.8) is 0 Å². The molecule has 6 heteroatoms. The molecule has 3 rings (SSSR count). The summed E-state index contributed by atoms with van der Waals surface area (Å²) in [5.41, 5.74) is 0.714. The van der Waals surface area contributed by atoms with E-state index in [1.165, 1.54) is 13.2 Å². The molecule has 5 nitrogen and oxygen atoms in total. The summed E-state index contributed by atoms with van der Waals surface area (Å²) in [5, 5.41) is 12.7. The maximum atomic E-state index is 14.1. The molecule has 0 radical (unpaired) electrons. The van der Waals surface area contributed by atoms with E-state index in [1.54, 1.807) is 12.1 Å². The average Bonchev–Trinajstić information content (AvgIpc) is 2.57. The highest BCUT2D eigenvalue weighted by Gasteiger charge is 2.37. The van der Waals surface area contributed by atoms with Gasteiger partial charge in [-0.2, -0.15) is 0 Å². The van der Waals surface area contributed by atoms with Crippen molar-refractivity contribution in [1.29, 1.82) is 0 Å². The van der Waals surface area contributed by atoms with Gasteiger partial charge >= 0.3 is 0 Å². The lowest BCUT2D eigenvalue weighted by molar-refractivity contribution is -0.129. The highest BCUT2D eigenvalue weighted by atomic mass is 19.1. The fraction of sp³-hybridized carbons (Fsp3) is 0.611. The molecule has 1 heterocycles. The number of hydrogen-bond acceptors (Lipinski definition) is 4. The van der Waals surface area contributed by atoms with Crippen molar-refractivity contribution >= 4 is 5.91 Å². The minimum absolute atomic E-state index is 0.0130. The molecular formula is C18H24FNO4. The monoisotopic (exact) mass is 337 g/mol. The zero-order valence-electron chi connectivity index (χ0n) is 13.8. The van der Waals surface area contributed by atoms with Crippen LogP contribution in [-0.4, -0.2) is 37.4 Å². The minimum atomic E-state index is -0.444. The molecule has 2 N–H and O–H groups in total. The van der Waals surface area contributed by atoms with E-state index >= 15 is 0 Å². The van der Waals surface area contributed by atoms with E-state index in [1.807, 2.05) is 0 Å². The Hall–Kier alpha value is -1.66. The first-order chi connectivity index (χ1) is 11.6. The Bertz CT molecular complexity index is 582. The van der Waals surface area contributed by atoms with E-state index in [4.69, 9.17) is 9.47 Å². The maximum Gasteiger partial charge on any atom is 0.223 e. The SMILES string of the molecule is COc1ccc(C(NC(=O)C2CCOCC2)C2CC(O)C2)cc1F. The standard InChI is InChI=1S/C18H24FNO4/c1-23-16-3-2-12(10-15(16)19)17(13-8-14(21)9-13)20-18(22)11-4-6-24-7-5-11/h2-3,10-11,13-14,17,21H,4-9H2,1H3,(H,20,22). The third kappa shape index (κ3) is 3.70. The molecule has 1 saturated carbocycles. The van der Waals surface area contributed by atoms with Gasteiger partial charge in [0, 0.05) is 19.1 Å². The molecule has 0 spiro atoms. The van der Waals surface area contributed by atoms with E-state index in [2.05, 4.69) is 5.32 Å². The van der Waals surface area contributed by atoms with E-state index in [0.717, 1.165) is 0 Å². The number of carbonyl (C=O) groups excluding carboxylic acids is 1. The molecule has 132 valence electrons. The lowest BCUT2D eigenvalue weighted by Crippen LogP contribution is -2.44. The van der Waals surface area contributed by atoms with Crippen LogP contribution >= 0.6 is 0 Å². The topological polar surface area (TPSA) is 67.8 Å². The van der Waals surface area contributed by atoms with Gasteiger partial charge in [-0.25, -0.2) is 4.39 Å². The summed E-state index contributed by atoms with van der Waals surface area (Å²) in [6.07, 6.45) is 2.32. The molecule has 2 aliphatic rings. The highest BCUT2D eigenvalue weighted by Crippen LogP contribution is 2.39. The number of halogens is 1. The Morgan fingerprint density at radius 1 is 1.38 bits per heavy atom. The fourth-order valence-electron chi connectivity index (χ4n) is 3.48. The van der Waals surface area contributed by atoms with Crippen molar-refractivity contribution in [3.8, 4) is 5.75 Å². The van der Waals surface area contributed by atoms with Crippen LogP contribution < -0.4 is 10.1 Å². The largest absolute Gasteiger partial charge is 0.494 e. The fourth-order valence-corrected chi connectivity index (χ4v) is 3.48. The van der Waals surface area contributed by atoms with Gasteiger partial charge in [0.05, 0.1) is 19.3 Å². The van der Waals surface area contributed by atoms with Gasteiger partial charge in [0.1, 0.15) is 0 Å². The lowest BCUT2D eigenvalue weighted by atomic mass is 9.75. The first-order valence-corrected chi connectivity index (χ1v) is 8.48. The van der Waals surface area contributed by atoms with Crippen molar-refractivity contribution < 1.29 is 23.8 Å². The molecule has 1 aliphatic heterocycles. The Labute approximate surface area is 141 Å². The van der Waals surface area contributed by atoms with Gasteiger partial charge in [0.15, 0.2) is 11.6 Å². The van der Waals surface area contributed by atoms with E-state index < -0.39 is 5.82 Å². The number of amides is 1. The molecular weight excluding hydrogens is 313 g/mol. The van der Waals surface area contributed by atoms with E-state index in [9.17, 15) is 14.3 Å². The summed E-state index contributed by atoms with van der Waals surface area (Å²) in [6.45, 7) is 1.20. The average molecular weight is 337 g/mol. The van der Waals surface area contributed by atoms with Gasteiger partial charge in [-0.05, 0) is 49.3 Å². The predicted octanol–water partition coefficient (Wildman–Crippen LogP) is 2.19. The maximum absolute atomic E-state index is 14.1. The van der Waals surface area contributed by atoms with Gasteiger partial charge in [-0.3, -0.25) is 4.79 Å². The molecule has 0 aromatic heterocycles. The second kappa shape index (κ2) is 7.49. The summed E-state index contributed by atoms with van der Waals surface area (Å²) in [4.78, 5) is 12.6. The minimum Gasteiger partial charge on any atom is -0.494 e. The molecule has 1 aliphatic carbocycles. The van der Waals surface area contributed by atoms with Crippen molar-refractivity contribution in [2.75, 3.05) is 20.3 Å². The summed E-state index contributed by atoms with van der Waals surface area (Å²) < 4.78 is 24.3. The number of ether oxygens (including phenoxy) is 2. The third-order valence-corrected chi connectivity index (χ3v) is 5.05. The van der Waals surface area contributed by atoms with Crippen LogP contribution in [0.2, 0.25) is 0 Å². The first-order valence-electron chi connectivity index (χ1n) is 8.48. The number of nitrogens with one attached hydrogen (secondary N) is 1. The summed E-state index contributed by atoms with van der Waals surface area (Å²) in [5.74, 6) is -0.214. The van der Waals surface area contributed by atoms with Gasteiger partial charge < -0.3 is 19.9 Å². The van der Waals surface area contributed by atoms with Crippen LogP contribution in [0.25, 0.3) is 0 Å². The number of benzene rings is 1. The Morgan fingerprint density at radius 3 is 2.67 bits per heavy atom. The number of rotatable bonds is 5. The second-order valence-electron chi connectivity index (χ2n) is 6.65. The van der Waals surface area contributed by atoms with Crippen LogP contribution in [0.1, 0.15) is 37.3 Å². The van der Waals surface area contributed by atoms with E-state index in [0.29, 0.717) is 44.5 Å². The first kappa shape index (κ1) is 17.2. The molecule has 2 fully saturated rings. The second-order valence-corrected chi connectivity index (χ2v) is 6.65. The van der Waals surface area contributed by atoms with Gasteiger partial charge in [0.2, 0.25) is 5.91 Å². The zero-order chi connectivity index (χ0) is 17.1. The molecule has 1 aromatic carbocycles. The molecule has 0 bridgehead atoms. The van der Waals surface area contributed by atoms with Gasteiger partial charge in [-0.15, -0.1) is 0 Å². The van der Waals surface area contributed by atoms with Crippen LogP contribution in [0.15, 0.2) is 18.2 Å². The van der Waals surface area contributed by atoms with Crippen LogP contribution in [0.3, 0.4) is 0 Å². The van der Waals surface area contributed by atoms with Crippen LogP contribution in [0.5, 0.6) is 5.75 Å². The van der Waals surface area contributed by atoms with Gasteiger partial charge in [0.25, 0.3) is 0 Å². The normalized spacial score (nSPS) is 25.6. The number of hydrogen-bond donors (Lipinski definition) is 2. The van der Waals surface area contributed by atoms with Crippen molar-refractivity contribution in [2.24, 2.45) is 11.8 Å². The summed E-state index contributed by atoms with van der Waals surface area (Å²) in [6, 6.07) is 4.48. The zero-order valence-corrected chi connectivity index (χ0v) is 13.8. The summed E-state index contributed by atoms with van der Waals surface area (Å²) >= 11 is 0. The summed E-state index contributed by atoms with van der Waals surface area (Å²) in [7, 11) is 1.42. The number of aliphatic hydroxyl groups is 1. The number of aliphatic hydroxyl groups excluding tert-OH is 1. The number of methoxy groups -OCH3 is 1. The van der Waals surface area contributed by atoms with Crippen molar-refractivity contribution in [3.05, 3.63) is 29.6 Å². The Balaban J connectivity index is 1.76. The molecule has 1 aromatic rings. The van der Waals surface area contributed by atoms with E-state index in [-0.39, 0.29) is 35.6 Å². The lowest BCUT2D eigenvalue weighted by Gasteiger charge is -2.39. The molecule has 1 amide bonds. The third-order valence-electron chi connectivity index (χ3n) is 5.05. The Morgan fingerprint density at radius 2 is 2.08 bits per heavy atom. The van der Waals surface area contributed by atoms with Crippen LogP contribution in [0, 0.1) is 17.7 Å². The molecule has 1 saturated heterocycles. The number of carbonyl (C=O) groups is 1.